The highest BCUT2D eigenvalue weighted by molar-refractivity contribution is 5.77. The minimum Gasteiger partial charge on any atom is -0.462 e. The monoisotopic (exact) mass is 770 g/mol. The van der Waals surface area contributed by atoms with Crippen LogP contribution in [-0.4, -0.2) is 46.9 Å². The third kappa shape index (κ3) is 38.2. The number of rotatable bonds is 40. The van der Waals surface area contributed by atoms with E-state index in [0.717, 1.165) is 70.6 Å². The lowest BCUT2D eigenvalue weighted by atomic mass is 10.0. The maximum Gasteiger partial charge on any atom is 0.306 e. The Balaban J connectivity index is 4.67. The van der Waals surface area contributed by atoms with Crippen LogP contribution in [0, 0.1) is 0 Å². The topological polar surface area (TPSA) is 95.9 Å². The largest absolute Gasteiger partial charge is 0.462 e. The van der Waals surface area contributed by atoms with Gasteiger partial charge >= 0.3 is 5.97 Å². The summed E-state index contributed by atoms with van der Waals surface area (Å²) >= 11 is 0. The maximum absolute atomic E-state index is 13.1. The first-order valence-corrected chi connectivity index (χ1v) is 23.1. The molecule has 0 radical (unpaired) electrons. The number of ether oxygens (including phenoxy) is 1. The standard InChI is InChI=1S/C49H87NO5/c1-4-7-10-13-16-19-22-23-24-25-27-30-33-36-39-42-49(54)55-45(40-37-34-31-28-26-20-17-14-11-8-5-2)43-48(53)50-46(44-51)47(52)41-38-35-32-29-21-18-15-12-9-6-3/h7,10,13,16,19,22-25,27,45-47,51-52H,4-6,8-9,11-12,14-15,17-18,20-21,26,28-44H2,1-3H3,(H,50,53)/b10-7+,16-13+,22-19-,24-23-,27-25+. The lowest BCUT2D eigenvalue weighted by Crippen LogP contribution is -2.46. The molecular weight excluding hydrogens is 683 g/mol. The van der Waals surface area contributed by atoms with Gasteiger partial charge in [-0.05, 0) is 44.9 Å². The average Bonchev–Trinajstić information content (AvgIpc) is 3.18. The third-order valence-corrected chi connectivity index (χ3v) is 10.2. The van der Waals surface area contributed by atoms with Gasteiger partial charge in [-0.3, -0.25) is 9.59 Å². The molecule has 0 rings (SSSR count). The molecule has 0 heterocycles. The second-order valence-corrected chi connectivity index (χ2v) is 15.6. The average molecular weight is 770 g/mol. The van der Waals surface area contributed by atoms with E-state index in [2.05, 4.69) is 44.3 Å². The SMILES string of the molecule is CC/C=C/C=C/C=C\C=C/C=C/CCCCCC(=O)OC(CCCCCCCCCCCCC)CC(=O)NC(CO)C(O)CCCCCCCCCCCC. The highest BCUT2D eigenvalue weighted by atomic mass is 16.5. The molecule has 0 aromatic heterocycles. The van der Waals surface area contributed by atoms with E-state index >= 15 is 0 Å². The summed E-state index contributed by atoms with van der Waals surface area (Å²) in [5, 5.41) is 23.6. The Morgan fingerprint density at radius 2 is 0.982 bits per heavy atom. The minimum absolute atomic E-state index is 0.0602. The predicted molar refractivity (Wildman–Crippen MR) is 236 cm³/mol. The van der Waals surface area contributed by atoms with Crippen molar-refractivity contribution in [3.05, 3.63) is 60.8 Å². The Labute approximate surface area is 339 Å². The number of aliphatic hydroxyl groups excluding tert-OH is 2. The minimum atomic E-state index is -0.793. The molecule has 0 bridgehead atoms. The summed E-state index contributed by atoms with van der Waals surface area (Å²) in [5.74, 6) is -0.524. The molecule has 0 fully saturated rings. The quantitative estimate of drug-likeness (QED) is 0.0328. The molecule has 0 aromatic carbocycles. The first-order valence-electron chi connectivity index (χ1n) is 23.1. The number of carbonyl (C=O) groups excluding carboxylic acids is 2. The summed E-state index contributed by atoms with van der Waals surface area (Å²) < 4.78 is 5.88. The van der Waals surface area contributed by atoms with Crippen molar-refractivity contribution in [2.75, 3.05) is 6.61 Å². The van der Waals surface area contributed by atoms with Crippen LogP contribution in [0.3, 0.4) is 0 Å². The number of carbonyl (C=O) groups is 2. The number of unbranched alkanes of at least 4 members (excludes halogenated alkanes) is 22. The molecule has 0 saturated heterocycles. The van der Waals surface area contributed by atoms with E-state index in [1.807, 2.05) is 42.5 Å². The van der Waals surface area contributed by atoms with Gasteiger partial charge in [-0.25, -0.2) is 0 Å². The molecule has 3 unspecified atom stereocenters. The van der Waals surface area contributed by atoms with Gasteiger partial charge in [0.2, 0.25) is 5.91 Å². The van der Waals surface area contributed by atoms with Gasteiger partial charge in [0.25, 0.3) is 0 Å². The van der Waals surface area contributed by atoms with Gasteiger partial charge in [-0.1, -0.05) is 216 Å². The summed E-state index contributed by atoms with van der Waals surface area (Å²) in [6, 6.07) is -0.708. The molecule has 0 aliphatic carbocycles. The fraction of sp³-hybridized carbons (Fsp3) is 0.755. The normalized spacial score (nSPS) is 13.9. The van der Waals surface area contributed by atoms with Crippen LogP contribution in [0.15, 0.2) is 60.8 Å². The molecule has 6 heteroatoms. The highest BCUT2D eigenvalue weighted by Crippen LogP contribution is 2.17. The zero-order valence-corrected chi connectivity index (χ0v) is 36.0. The lowest BCUT2D eigenvalue weighted by molar-refractivity contribution is -0.151. The number of aliphatic hydroxyl groups is 2. The number of amides is 1. The van der Waals surface area contributed by atoms with E-state index in [9.17, 15) is 19.8 Å². The molecule has 0 aliphatic rings. The zero-order valence-electron chi connectivity index (χ0n) is 36.0. The molecule has 6 nitrogen and oxygen atoms in total. The van der Waals surface area contributed by atoms with E-state index in [1.54, 1.807) is 0 Å². The maximum atomic E-state index is 13.1. The molecule has 3 atom stereocenters. The van der Waals surface area contributed by atoms with E-state index in [0.29, 0.717) is 19.3 Å². The molecule has 0 aromatic rings. The Kier molecular flexibility index (Phi) is 40.8. The number of nitrogens with one attached hydrogen (secondary N) is 1. The summed E-state index contributed by atoms with van der Waals surface area (Å²) in [6.45, 7) is 6.30. The first-order chi connectivity index (χ1) is 27.0. The van der Waals surface area contributed by atoms with Crippen molar-refractivity contribution < 1.29 is 24.5 Å². The molecule has 3 N–H and O–H groups in total. The first kappa shape index (κ1) is 52.6. The van der Waals surface area contributed by atoms with Gasteiger partial charge in [0, 0.05) is 6.42 Å². The van der Waals surface area contributed by atoms with E-state index in [1.165, 1.54) is 96.3 Å². The fourth-order valence-corrected chi connectivity index (χ4v) is 6.74. The van der Waals surface area contributed by atoms with Crippen molar-refractivity contribution in [1.82, 2.24) is 5.32 Å². The van der Waals surface area contributed by atoms with Gasteiger partial charge in [0.15, 0.2) is 0 Å². The van der Waals surface area contributed by atoms with Crippen molar-refractivity contribution in [3.8, 4) is 0 Å². The molecule has 0 aliphatic heterocycles. The Hall–Kier alpha value is -2.44. The van der Waals surface area contributed by atoms with Crippen LogP contribution in [0.4, 0.5) is 0 Å². The van der Waals surface area contributed by atoms with Gasteiger partial charge < -0.3 is 20.3 Å². The van der Waals surface area contributed by atoms with Gasteiger partial charge in [0.05, 0.1) is 25.2 Å². The molecular formula is C49H87NO5. The van der Waals surface area contributed by atoms with Crippen LogP contribution in [0.2, 0.25) is 0 Å². The van der Waals surface area contributed by atoms with Crippen LogP contribution in [0.5, 0.6) is 0 Å². The molecule has 0 spiro atoms. The smallest absolute Gasteiger partial charge is 0.306 e. The van der Waals surface area contributed by atoms with Crippen molar-refractivity contribution >= 4 is 11.9 Å². The second kappa shape index (κ2) is 42.7. The number of hydrogen-bond donors (Lipinski definition) is 3. The second-order valence-electron chi connectivity index (χ2n) is 15.6. The highest BCUT2D eigenvalue weighted by Gasteiger charge is 2.24. The van der Waals surface area contributed by atoms with Crippen molar-refractivity contribution in [2.24, 2.45) is 0 Å². The van der Waals surface area contributed by atoms with Crippen LogP contribution < -0.4 is 5.32 Å². The summed E-state index contributed by atoms with van der Waals surface area (Å²) in [5.41, 5.74) is 0. The number of hydrogen-bond acceptors (Lipinski definition) is 5. The Bertz CT molecular complexity index is 999. The van der Waals surface area contributed by atoms with E-state index < -0.39 is 18.2 Å². The molecule has 0 saturated carbocycles. The lowest BCUT2D eigenvalue weighted by Gasteiger charge is -2.24. The van der Waals surface area contributed by atoms with Crippen LogP contribution in [0.1, 0.15) is 213 Å². The summed E-state index contributed by atoms with van der Waals surface area (Å²) in [6.07, 6.45) is 51.3. The van der Waals surface area contributed by atoms with Crippen LogP contribution in [0.25, 0.3) is 0 Å². The van der Waals surface area contributed by atoms with Crippen molar-refractivity contribution in [3.63, 3.8) is 0 Å². The van der Waals surface area contributed by atoms with Gasteiger partial charge in [0.1, 0.15) is 6.10 Å². The third-order valence-electron chi connectivity index (χ3n) is 10.2. The van der Waals surface area contributed by atoms with Crippen molar-refractivity contribution in [1.29, 1.82) is 0 Å². The van der Waals surface area contributed by atoms with Gasteiger partial charge in [-0.2, -0.15) is 0 Å². The van der Waals surface area contributed by atoms with Crippen LogP contribution >= 0.6 is 0 Å². The fourth-order valence-electron chi connectivity index (χ4n) is 6.74. The molecule has 318 valence electrons. The molecule has 1 amide bonds. The Morgan fingerprint density at radius 1 is 0.545 bits per heavy atom. The van der Waals surface area contributed by atoms with Crippen molar-refractivity contribution in [2.45, 2.75) is 232 Å². The zero-order chi connectivity index (χ0) is 40.3. The van der Waals surface area contributed by atoms with Crippen LogP contribution in [-0.2, 0) is 14.3 Å². The van der Waals surface area contributed by atoms with E-state index in [4.69, 9.17) is 4.74 Å². The number of esters is 1. The number of allylic oxidation sites excluding steroid dienone is 10. The predicted octanol–water partition coefficient (Wildman–Crippen LogP) is 13.3. The molecule has 55 heavy (non-hydrogen) atoms. The summed E-state index contributed by atoms with van der Waals surface area (Å²) in [4.78, 5) is 26.0. The van der Waals surface area contributed by atoms with E-state index in [-0.39, 0.29) is 24.9 Å². The Morgan fingerprint density at radius 3 is 1.47 bits per heavy atom. The van der Waals surface area contributed by atoms with Gasteiger partial charge in [-0.15, -0.1) is 0 Å². The summed E-state index contributed by atoms with van der Waals surface area (Å²) in [7, 11) is 0.